The monoisotopic (exact) mass is 1900 g/mol. The van der Waals surface area contributed by atoms with Gasteiger partial charge in [0.05, 0.1) is 34.2 Å². The third kappa shape index (κ3) is 16.6. The normalized spacial score (nSPS) is 11.5. The quantitative estimate of drug-likeness (QED) is 0.0897. The molecule has 0 aliphatic rings. The highest BCUT2D eigenvalue weighted by molar-refractivity contribution is 6.17. The van der Waals surface area contributed by atoms with E-state index < -0.39 is 0 Å². The van der Waals surface area contributed by atoms with Crippen molar-refractivity contribution in [2.75, 3.05) is 0 Å². The smallest absolute Gasteiger partial charge is 0.160 e. The van der Waals surface area contributed by atoms with Gasteiger partial charge in [-0.2, -0.15) is 0 Å². The summed E-state index contributed by atoms with van der Waals surface area (Å²) in [7, 11) is 0. The minimum absolute atomic E-state index is 0.638. The van der Waals surface area contributed by atoms with Crippen LogP contribution >= 0.6 is 0 Å². The van der Waals surface area contributed by atoms with E-state index in [-0.39, 0.29) is 0 Å². The summed E-state index contributed by atoms with van der Waals surface area (Å²) in [6, 6.07) is 167. The van der Waals surface area contributed by atoms with Gasteiger partial charge in [0.25, 0.3) is 0 Å². The molecule has 0 aliphatic carbocycles. The average Bonchev–Trinajstić information content (AvgIpc) is 1.33. The van der Waals surface area contributed by atoms with Gasteiger partial charge in [0.15, 0.2) is 17.5 Å². The van der Waals surface area contributed by atoms with Crippen molar-refractivity contribution in [3.8, 4) is 168 Å². The zero-order valence-electron chi connectivity index (χ0n) is 80.3. The highest BCUT2D eigenvalue weighted by atomic mass is 16.3. The van der Waals surface area contributed by atoms with Crippen molar-refractivity contribution in [1.82, 2.24) is 44.9 Å². The third-order valence-electron chi connectivity index (χ3n) is 28.4. The molecule has 9 heterocycles. The van der Waals surface area contributed by atoms with Gasteiger partial charge in [-0.15, -0.1) is 0 Å². The molecule has 0 amide bonds. The van der Waals surface area contributed by atoms with Gasteiger partial charge in [0, 0.05) is 142 Å². The molecular weight excluding hydrogens is 1820 g/mol. The number of para-hydroxylation sites is 5. The first-order valence-corrected chi connectivity index (χ1v) is 49.9. The van der Waals surface area contributed by atoms with Gasteiger partial charge < -0.3 is 13.3 Å². The van der Waals surface area contributed by atoms with E-state index in [4.69, 9.17) is 43.2 Å². The van der Waals surface area contributed by atoms with Crippen LogP contribution < -0.4 is 0 Å². The third-order valence-corrected chi connectivity index (χ3v) is 28.4. The van der Waals surface area contributed by atoms with E-state index in [1.54, 1.807) is 12.4 Å². The Labute approximate surface area is 856 Å². The number of nitrogens with zero attached hydrogens (tertiary/aromatic N) is 9. The van der Waals surface area contributed by atoms with Gasteiger partial charge in [0.2, 0.25) is 0 Å². The molecule has 0 bridgehead atoms. The van der Waals surface area contributed by atoms with Crippen LogP contribution in [-0.4, -0.2) is 44.9 Å². The molecule has 149 heavy (non-hydrogen) atoms. The van der Waals surface area contributed by atoms with E-state index >= 15 is 0 Å². The maximum absolute atomic E-state index is 6.46. The van der Waals surface area contributed by atoms with Crippen LogP contribution in [0, 0.1) is 0 Å². The fourth-order valence-electron chi connectivity index (χ4n) is 21.1. The summed E-state index contributed by atoms with van der Waals surface area (Å²) in [6.45, 7) is 0. The zero-order chi connectivity index (χ0) is 98.6. The van der Waals surface area contributed by atoms with Crippen LogP contribution in [0.15, 0.2) is 530 Å². The molecule has 0 aliphatic heterocycles. The molecule has 0 saturated carbocycles. The molecule has 0 N–H and O–H groups in total. The topological polar surface area (TPSA) is 155 Å². The second kappa shape index (κ2) is 37.9. The second-order valence-electron chi connectivity index (χ2n) is 37.3. The lowest BCUT2D eigenvalue weighted by Gasteiger charge is -2.14. The summed E-state index contributed by atoms with van der Waals surface area (Å²) in [5.74, 6) is 1.95. The lowest BCUT2D eigenvalue weighted by Crippen LogP contribution is -1.98. The summed E-state index contributed by atoms with van der Waals surface area (Å²) in [6.07, 6.45) is 11.2. The van der Waals surface area contributed by atoms with E-state index in [1.165, 1.54) is 48.7 Å². The summed E-state index contributed by atoms with van der Waals surface area (Å²) >= 11 is 0. The molecule has 12 nitrogen and oxygen atoms in total. The second-order valence-corrected chi connectivity index (χ2v) is 37.3. The molecule has 20 aromatic carbocycles. The van der Waals surface area contributed by atoms with Crippen molar-refractivity contribution in [3.05, 3.63) is 516 Å². The Balaban J connectivity index is 0.000000111. The van der Waals surface area contributed by atoms with Gasteiger partial charge in [-0.1, -0.05) is 394 Å². The Morgan fingerprint density at radius 1 is 0.134 bits per heavy atom. The molecule has 0 saturated heterocycles. The van der Waals surface area contributed by atoms with Crippen molar-refractivity contribution in [2.45, 2.75) is 0 Å². The number of fused-ring (bicyclic) bond motifs is 16. The van der Waals surface area contributed by atoms with E-state index in [2.05, 4.69) is 421 Å². The predicted molar refractivity (Wildman–Crippen MR) is 610 cm³/mol. The number of aromatic nitrogens is 9. The first-order chi connectivity index (χ1) is 73.8. The lowest BCUT2D eigenvalue weighted by atomic mass is 9.93. The minimum Gasteiger partial charge on any atom is -0.456 e. The highest BCUT2D eigenvalue weighted by Gasteiger charge is 2.25. The first-order valence-electron chi connectivity index (χ1n) is 49.9. The molecule has 0 spiro atoms. The number of hydrogen-bond donors (Lipinski definition) is 0. The Bertz CT molecular complexity index is 10100. The standard InChI is InChI=1S/C51H31N3O.C47H29N3O.C39H25N3O/c1-3-15-38-35(11-1)28-45(42-18-6-5-17-41(38)42)48-29-47(36-14-9-13-34(27-36)46-31-52-30-37-12-2-4-16-39(37)46)53-51(54-48)33-25-23-32(24-26-33)40-20-10-21-44-43-19-7-8-22-49(43)55-50(40)44;1-2-11-36-34(9-1)27-42(38-13-4-3-12-37(36)38)31-20-24-33(25-21-31)47-49-43(32-22-18-30(19-23-32)35-10-8-26-48-29-35)28-44(50-47)41-16-7-15-40-39-14-5-6-17-45(39)51-46(40)41;1-2-11-26(12-3-1)29-14-4-6-16-31(29)35-24-36(32-17-7-5-15-30(32)28-13-10-22-40-25-28)42-39(41-35)27-20-21-34-33-18-8-9-19-37(33)43-38(34)23-27/h1-31H;1-29H;1-25H. The minimum atomic E-state index is 0.638. The van der Waals surface area contributed by atoms with Crippen LogP contribution in [0.25, 0.3) is 288 Å². The molecule has 9 aromatic heterocycles. The molecule has 29 aromatic rings. The number of benzene rings is 20. The Kier molecular flexibility index (Phi) is 22.3. The van der Waals surface area contributed by atoms with Crippen molar-refractivity contribution in [2.24, 2.45) is 0 Å². The zero-order valence-corrected chi connectivity index (χ0v) is 80.3. The summed E-state index contributed by atoms with van der Waals surface area (Å²) < 4.78 is 19.1. The van der Waals surface area contributed by atoms with E-state index in [9.17, 15) is 0 Å². The van der Waals surface area contributed by atoms with Gasteiger partial charge >= 0.3 is 0 Å². The highest BCUT2D eigenvalue weighted by Crippen LogP contribution is 2.46. The SMILES string of the molecule is c1cc(-c2cc(-c3cc4ccccc4c4ccccc34)nc(-c3ccc(-c4cccc5c4oc4ccccc45)cc3)n2)cc(-c2cncc3ccccc23)c1.c1ccc(-c2ccccc2-c2cc(-c3ccccc3-c3cccnc3)nc(-c3ccc4c(c3)oc3ccccc34)n2)cc1.c1cncc(-c2ccc(-c3cc(-c4cccc5c4oc4ccccc45)nc(-c4ccc(-c5cc6ccccc6c6ccccc56)cc4)n3)cc2)c1. The lowest BCUT2D eigenvalue weighted by molar-refractivity contribution is 0.669. The Morgan fingerprint density at radius 3 is 1.09 bits per heavy atom. The number of hydrogen-bond acceptors (Lipinski definition) is 12. The molecule has 0 fully saturated rings. The molecule has 29 rings (SSSR count). The first kappa shape index (κ1) is 87.8. The molecular formula is C137H85N9O3. The summed E-state index contributed by atoms with van der Waals surface area (Å²) in [5.41, 5.74) is 32.2. The number of furan rings is 3. The maximum atomic E-state index is 6.46. The van der Waals surface area contributed by atoms with E-state index in [0.717, 1.165) is 222 Å². The van der Waals surface area contributed by atoms with E-state index in [0.29, 0.717) is 17.5 Å². The van der Waals surface area contributed by atoms with Gasteiger partial charge in [-0.05, 0) is 183 Å². The van der Waals surface area contributed by atoms with Crippen LogP contribution in [0.5, 0.6) is 0 Å². The van der Waals surface area contributed by atoms with Crippen LogP contribution in [0.3, 0.4) is 0 Å². The average molecular weight is 1910 g/mol. The molecule has 12 heteroatoms. The van der Waals surface area contributed by atoms with Crippen molar-refractivity contribution in [3.63, 3.8) is 0 Å². The van der Waals surface area contributed by atoms with Crippen molar-refractivity contribution in [1.29, 1.82) is 0 Å². The Hall–Kier alpha value is -20.2. The van der Waals surface area contributed by atoms with Gasteiger partial charge in [0.1, 0.15) is 33.5 Å². The Morgan fingerprint density at radius 2 is 0.497 bits per heavy atom. The summed E-state index contributed by atoms with van der Waals surface area (Å²) in [5, 5.41) is 18.6. The number of pyridine rings is 3. The van der Waals surface area contributed by atoms with Crippen LogP contribution in [0.2, 0.25) is 0 Å². The molecule has 0 radical (unpaired) electrons. The van der Waals surface area contributed by atoms with Gasteiger partial charge in [-0.25, -0.2) is 29.9 Å². The van der Waals surface area contributed by atoms with Crippen LogP contribution in [0.4, 0.5) is 0 Å². The number of rotatable bonds is 15. The molecule has 0 unspecified atom stereocenters. The van der Waals surface area contributed by atoms with Gasteiger partial charge in [-0.3, -0.25) is 15.0 Å². The largest absolute Gasteiger partial charge is 0.456 e. The fraction of sp³-hybridized carbons (Fsp3) is 0. The predicted octanol–water partition coefficient (Wildman–Crippen LogP) is 36.1. The van der Waals surface area contributed by atoms with Crippen LogP contribution in [-0.2, 0) is 0 Å². The van der Waals surface area contributed by atoms with Crippen LogP contribution in [0.1, 0.15) is 0 Å². The summed E-state index contributed by atoms with van der Waals surface area (Å²) in [4.78, 5) is 44.6. The molecule has 696 valence electrons. The van der Waals surface area contributed by atoms with Crippen molar-refractivity contribution < 1.29 is 13.3 Å². The fourth-order valence-corrected chi connectivity index (χ4v) is 21.1. The van der Waals surface area contributed by atoms with E-state index in [1.807, 2.05) is 97.6 Å². The maximum Gasteiger partial charge on any atom is 0.160 e. The molecule has 0 atom stereocenters. The van der Waals surface area contributed by atoms with Crippen molar-refractivity contribution >= 4 is 120 Å².